The van der Waals surface area contributed by atoms with Crippen LogP contribution in [0.2, 0.25) is 0 Å². The highest BCUT2D eigenvalue weighted by Crippen LogP contribution is 2.29. The number of rotatable bonds is 5. The van der Waals surface area contributed by atoms with E-state index in [2.05, 4.69) is 37.1 Å². The van der Waals surface area contributed by atoms with E-state index in [0.717, 1.165) is 5.13 Å². The van der Waals surface area contributed by atoms with Gasteiger partial charge >= 0.3 is 5.97 Å². The molecule has 0 aliphatic heterocycles. The molecule has 0 aromatic carbocycles. The van der Waals surface area contributed by atoms with Crippen LogP contribution in [0, 0.1) is 13.8 Å². The molecule has 2 aromatic heterocycles. The van der Waals surface area contributed by atoms with Gasteiger partial charge in [-0.15, -0.1) is 22.7 Å². The Balaban J connectivity index is 2.06. The second kappa shape index (κ2) is 5.71. The number of nitrogens with one attached hydrogen (secondary N) is 1. The first-order valence-corrected chi connectivity index (χ1v) is 7.65. The summed E-state index contributed by atoms with van der Waals surface area (Å²) in [5, 5.41) is 14.6. The lowest BCUT2D eigenvalue weighted by Gasteiger charge is -2.12. The molecule has 0 radical (unpaired) electrons. The van der Waals surface area contributed by atoms with E-state index >= 15 is 0 Å². The number of aliphatic carboxylic acids is 1. The van der Waals surface area contributed by atoms with Gasteiger partial charge in [-0.05, 0) is 32.4 Å². The largest absolute Gasteiger partial charge is 0.481 e. The van der Waals surface area contributed by atoms with Gasteiger partial charge in [0, 0.05) is 15.1 Å². The molecule has 0 aliphatic carbocycles. The van der Waals surface area contributed by atoms with E-state index in [1.54, 1.807) is 16.7 Å². The zero-order valence-corrected chi connectivity index (χ0v) is 12.7. The topological polar surface area (TPSA) is 62.2 Å². The summed E-state index contributed by atoms with van der Waals surface area (Å²) in [6, 6.07) is 2.36. The van der Waals surface area contributed by atoms with E-state index in [1.165, 1.54) is 26.7 Å². The monoisotopic (exact) mass is 296 g/mol. The van der Waals surface area contributed by atoms with Crippen molar-refractivity contribution < 1.29 is 9.90 Å². The molecule has 0 amide bonds. The molecule has 4 nitrogen and oxygen atoms in total. The summed E-state index contributed by atoms with van der Waals surface area (Å²) >= 11 is 3.23. The average Bonchev–Trinajstić information content (AvgIpc) is 2.84. The molecule has 2 aromatic rings. The minimum Gasteiger partial charge on any atom is -0.481 e. The summed E-state index contributed by atoms with van der Waals surface area (Å²) in [5.41, 5.74) is 1.88. The van der Waals surface area contributed by atoms with Crippen molar-refractivity contribution in [3.05, 3.63) is 32.5 Å². The third-order valence-electron chi connectivity index (χ3n) is 2.77. The standard InChI is InChI=1S/C13H16N2O2S2/c1-7-4-11(9(3)19-7)8(2)14-13-15-10(6-18-13)5-12(16)17/h4,6,8H,5H2,1-3H3,(H,14,15)(H,16,17). The maximum atomic E-state index is 10.6. The van der Waals surface area contributed by atoms with E-state index in [0.29, 0.717) is 5.69 Å². The number of carboxylic acids is 1. The Kier molecular flexibility index (Phi) is 4.21. The van der Waals surface area contributed by atoms with Crippen molar-refractivity contribution in [2.75, 3.05) is 5.32 Å². The van der Waals surface area contributed by atoms with Crippen LogP contribution in [-0.2, 0) is 11.2 Å². The lowest BCUT2D eigenvalue weighted by molar-refractivity contribution is -0.136. The third-order valence-corrected chi connectivity index (χ3v) is 4.57. The Labute approximate surface area is 120 Å². The predicted molar refractivity (Wildman–Crippen MR) is 79.3 cm³/mol. The summed E-state index contributed by atoms with van der Waals surface area (Å²) in [6.45, 7) is 6.30. The van der Waals surface area contributed by atoms with Crippen LogP contribution < -0.4 is 5.32 Å². The molecule has 6 heteroatoms. The van der Waals surface area contributed by atoms with Crippen molar-refractivity contribution in [2.45, 2.75) is 33.2 Å². The molecule has 102 valence electrons. The Morgan fingerprint density at radius 3 is 2.84 bits per heavy atom. The predicted octanol–water partition coefficient (Wildman–Crippen LogP) is 3.62. The maximum Gasteiger partial charge on any atom is 0.309 e. The van der Waals surface area contributed by atoms with Crippen LogP contribution in [0.3, 0.4) is 0 Å². The number of hydrogen-bond acceptors (Lipinski definition) is 5. The molecular weight excluding hydrogens is 280 g/mol. The summed E-state index contributed by atoms with van der Waals surface area (Å²) < 4.78 is 0. The van der Waals surface area contributed by atoms with Gasteiger partial charge in [0.1, 0.15) is 0 Å². The summed E-state index contributed by atoms with van der Waals surface area (Å²) in [4.78, 5) is 17.5. The Morgan fingerprint density at radius 2 is 2.26 bits per heavy atom. The number of aromatic nitrogens is 1. The van der Waals surface area contributed by atoms with E-state index < -0.39 is 5.97 Å². The van der Waals surface area contributed by atoms with Gasteiger partial charge in [0.25, 0.3) is 0 Å². The van der Waals surface area contributed by atoms with Crippen LogP contribution in [0.1, 0.15) is 34.0 Å². The van der Waals surface area contributed by atoms with Crippen LogP contribution in [0.15, 0.2) is 11.4 Å². The number of hydrogen-bond donors (Lipinski definition) is 2. The average molecular weight is 296 g/mol. The fraction of sp³-hybridized carbons (Fsp3) is 0.385. The van der Waals surface area contributed by atoms with Crippen molar-refractivity contribution in [1.29, 1.82) is 0 Å². The Morgan fingerprint density at radius 1 is 1.53 bits per heavy atom. The Hall–Kier alpha value is -1.40. The first kappa shape index (κ1) is 14.0. The number of carbonyl (C=O) groups is 1. The highest BCUT2D eigenvalue weighted by atomic mass is 32.1. The van der Waals surface area contributed by atoms with Gasteiger partial charge in [-0.25, -0.2) is 4.98 Å². The van der Waals surface area contributed by atoms with Gasteiger partial charge in [-0.2, -0.15) is 0 Å². The molecule has 1 atom stereocenters. The lowest BCUT2D eigenvalue weighted by atomic mass is 10.1. The Bertz CT molecular complexity index is 589. The SMILES string of the molecule is Cc1cc(C(C)Nc2nc(CC(=O)O)cs2)c(C)s1. The first-order chi connectivity index (χ1) is 8.95. The summed E-state index contributed by atoms with van der Waals surface area (Å²) in [5.74, 6) is -0.853. The number of nitrogens with zero attached hydrogens (tertiary/aromatic N) is 1. The molecule has 2 N–H and O–H groups in total. The van der Waals surface area contributed by atoms with Crippen molar-refractivity contribution in [1.82, 2.24) is 4.98 Å². The van der Waals surface area contributed by atoms with Crippen LogP contribution in [0.5, 0.6) is 0 Å². The minimum atomic E-state index is -0.853. The second-order valence-electron chi connectivity index (χ2n) is 4.45. The zero-order chi connectivity index (χ0) is 14.0. The van der Waals surface area contributed by atoms with Crippen molar-refractivity contribution in [3.63, 3.8) is 0 Å². The summed E-state index contributed by atoms with van der Waals surface area (Å²) in [6.07, 6.45) is -0.0247. The highest BCUT2D eigenvalue weighted by molar-refractivity contribution is 7.13. The quantitative estimate of drug-likeness (QED) is 0.884. The van der Waals surface area contributed by atoms with Gasteiger partial charge < -0.3 is 10.4 Å². The second-order valence-corrected chi connectivity index (χ2v) is 6.77. The number of thiazole rings is 1. The first-order valence-electron chi connectivity index (χ1n) is 5.95. The molecule has 1 unspecified atom stereocenters. The number of anilines is 1. The van der Waals surface area contributed by atoms with Gasteiger partial charge in [-0.1, -0.05) is 0 Å². The molecule has 2 rings (SSSR count). The third kappa shape index (κ3) is 3.54. The maximum absolute atomic E-state index is 10.6. The number of carboxylic acid groups (broad SMARTS) is 1. The van der Waals surface area contributed by atoms with Gasteiger partial charge in [0.15, 0.2) is 5.13 Å². The number of thiophene rings is 1. The van der Waals surface area contributed by atoms with Crippen molar-refractivity contribution in [3.8, 4) is 0 Å². The fourth-order valence-corrected chi connectivity index (χ4v) is 3.77. The molecule has 19 heavy (non-hydrogen) atoms. The molecule has 0 saturated heterocycles. The molecule has 2 heterocycles. The molecule has 0 fully saturated rings. The van der Waals surface area contributed by atoms with Crippen LogP contribution in [-0.4, -0.2) is 16.1 Å². The normalized spacial score (nSPS) is 12.4. The lowest BCUT2D eigenvalue weighted by Crippen LogP contribution is -2.07. The summed E-state index contributed by atoms with van der Waals surface area (Å²) in [7, 11) is 0. The van der Waals surface area contributed by atoms with Crippen LogP contribution in [0.4, 0.5) is 5.13 Å². The van der Waals surface area contributed by atoms with Gasteiger partial charge in [0.05, 0.1) is 18.2 Å². The highest BCUT2D eigenvalue weighted by Gasteiger charge is 2.13. The van der Waals surface area contributed by atoms with Crippen molar-refractivity contribution >= 4 is 33.8 Å². The van der Waals surface area contributed by atoms with Gasteiger partial charge in [-0.3, -0.25) is 4.79 Å². The smallest absolute Gasteiger partial charge is 0.309 e. The molecular formula is C13H16N2O2S2. The van der Waals surface area contributed by atoms with E-state index in [4.69, 9.17) is 5.11 Å². The van der Waals surface area contributed by atoms with Crippen LogP contribution >= 0.6 is 22.7 Å². The van der Waals surface area contributed by atoms with Gasteiger partial charge in [0.2, 0.25) is 0 Å². The molecule has 0 bridgehead atoms. The van der Waals surface area contributed by atoms with Crippen molar-refractivity contribution in [2.24, 2.45) is 0 Å². The van der Waals surface area contributed by atoms with E-state index in [9.17, 15) is 4.79 Å². The van der Waals surface area contributed by atoms with E-state index in [-0.39, 0.29) is 12.5 Å². The fourth-order valence-electron chi connectivity index (χ4n) is 1.95. The zero-order valence-electron chi connectivity index (χ0n) is 11.1. The minimum absolute atomic E-state index is 0.0247. The number of aryl methyl sites for hydroxylation is 2. The van der Waals surface area contributed by atoms with Crippen LogP contribution in [0.25, 0.3) is 0 Å². The molecule has 0 aliphatic rings. The van der Waals surface area contributed by atoms with E-state index in [1.807, 2.05) is 0 Å². The molecule has 0 saturated carbocycles. The molecule has 0 spiro atoms.